The van der Waals surface area contributed by atoms with E-state index >= 15 is 0 Å². The average Bonchev–Trinajstić information content (AvgIpc) is 1.41. The molecular weight excluding hydrogens is 1230 g/mol. The Labute approximate surface area is 524 Å². The molecule has 3 aliphatic rings. The van der Waals surface area contributed by atoms with Crippen molar-refractivity contribution in [3.8, 4) is 5.75 Å². The molecule has 0 bridgehead atoms. The molecule has 4 aromatic rings. The monoisotopic (exact) mass is 1310 g/mol. The molecule has 0 saturated heterocycles. The van der Waals surface area contributed by atoms with Crippen molar-refractivity contribution in [3.63, 3.8) is 0 Å². The number of Topliss-reactive ketones (excluding diaryl/α,β-unsaturated/α-hetero) is 1. The van der Waals surface area contributed by atoms with E-state index in [2.05, 4.69) is 115 Å². The standard InChI is InChI=1S/C65H78F4N4O14S3/c1-6-7-12-33-72-51-20-10-8-18-49(51)64(2,3)53(72)28-24-44-16-15-17-45(25-29-54-65(4,5)50-19-9-11-21-52(50)73(54)34-13-14-39-89(80,81)82)60(44)87-48-26-22-43(23-27-48)41-46(63(76)77)42-47(74)30-35-85-37-38-86-36-32-71-55(75)31-40-88(78,79)61-56(66)58(68)62(90(70,83)84)59(69)57(61)67/h8-11,18-29,46H,6-7,12-17,30-42H2,1-5H3,(H4-,70,71,75,76,77,80,81,82,83,84)/p+1/t46-/m1/s1. The normalized spacial score (nSPS) is 16.9. The number of para-hydroxylation sites is 2. The van der Waals surface area contributed by atoms with Crippen molar-refractivity contribution >= 4 is 64.7 Å². The number of hydrogen-bond donors (Lipinski definition) is 4. The van der Waals surface area contributed by atoms with Crippen LogP contribution in [0.25, 0.3) is 0 Å². The fraction of sp³-hybridized carbons (Fsp3) is 0.446. The maximum absolute atomic E-state index is 14.5. The topological polar surface area (TPSA) is 266 Å². The molecule has 18 nitrogen and oxygen atoms in total. The number of primary sulfonamides is 1. The molecule has 0 radical (unpaired) electrons. The highest BCUT2D eigenvalue weighted by atomic mass is 32.2. The number of carboxylic acids is 1. The smallest absolute Gasteiger partial charge is 0.307 e. The number of amides is 1. The number of ether oxygens (including phenoxy) is 3. The van der Waals surface area contributed by atoms with Crippen molar-refractivity contribution in [2.24, 2.45) is 11.1 Å². The van der Waals surface area contributed by atoms with Crippen LogP contribution < -0.4 is 20.1 Å². The highest BCUT2D eigenvalue weighted by Gasteiger charge is 2.44. The van der Waals surface area contributed by atoms with E-state index in [-0.39, 0.29) is 69.2 Å². The molecule has 1 aliphatic carbocycles. The number of nitrogens with zero attached hydrogens (tertiary/aromatic N) is 2. The van der Waals surface area contributed by atoms with Gasteiger partial charge in [-0.05, 0) is 111 Å². The number of hydrogen-bond acceptors (Lipinski definition) is 13. The first-order valence-electron chi connectivity index (χ1n) is 29.9. The predicted molar refractivity (Wildman–Crippen MR) is 333 cm³/mol. The summed E-state index contributed by atoms with van der Waals surface area (Å²) in [7, 11) is -14.6. The minimum atomic E-state index is -5.32. The molecule has 7 rings (SSSR count). The lowest BCUT2D eigenvalue weighted by Gasteiger charge is -2.27. The number of rotatable bonds is 33. The molecular formula is C65H79F4N4O14S3+. The van der Waals surface area contributed by atoms with Gasteiger partial charge >= 0.3 is 5.97 Å². The van der Waals surface area contributed by atoms with E-state index in [4.69, 9.17) is 14.2 Å². The Balaban J connectivity index is 0.975. The summed E-state index contributed by atoms with van der Waals surface area (Å²) in [5, 5.41) is 17.1. The van der Waals surface area contributed by atoms with E-state index in [1.807, 2.05) is 12.1 Å². The first-order valence-corrected chi connectivity index (χ1v) is 34.7. The van der Waals surface area contributed by atoms with Crippen molar-refractivity contribution in [2.45, 2.75) is 132 Å². The van der Waals surface area contributed by atoms with Crippen LogP contribution >= 0.6 is 0 Å². The zero-order chi connectivity index (χ0) is 65.8. The molecule has 90 heavy (non-hydrogen) atoms. The van der Waals surface area contributed by atoms with Gasteiger partial charge in [0.1, 0.15) is 28.7 Å². The number of carboxylic acid groups (broad SMARTS) is 1. The highest BCUT2D eigenvalue weighted by molar-refractivity contribution is 7.91. The summed E-state index contributed by atoms with van der Waals surface area (Å²) in [5.74, 6) is -14.0. The molecule has 0 spiro atoms. The van der Waals surface area contributed by atoms with E-state index in [0.717, 1.165) is 66.7 Å². The number of fused-ring (bicyclic) bond motifs is 2. The van der Waals surface area contributed by atoms with Gasteiger partial charge in [-0.15, -0.1) is 0 Å². The van der Waals surface area contributed by atoms with Crippen LogP contribution in [0.1, 0.15) is 122 Å². The van der Waals surface area contributed by atoms with Crippen LogP contribution in [0, 0.1) is 29.2 Å². The molecule has 5 N–H and O–H groups in total. The van der Waals surface area contributed by atoms with Crippen molar-refractivity contribution in [3.05, 3.63) is 160 Å². The Bertz CT molecular complexity index is 3820. The van der Waals surface area contributed by atoms with Gasteiger partial charge in [0, 0.05) is 73.3 Å². The van der Waals surface area contributed by atoms with Crippen molar-refractivity contribution < 1.29 is 85.6 Å². The number of sulfone groups is 1. The molecule has 0 unspecified atom stereocenters. The second kappa shape index (κ2) is 30.5. The summed E-state index contributed by atoms with van der Waals surface area (Å²) in [4.78, 5) is 35.8. The van der Waals surface area contributed by atoms with E-state index in [9.17, 15) is 66.9 Å². The zero-order valence-electron chi connectivity index (χ0n) is 51.2. The minimum Gasteiger partial charge on any atom is -0.481 e. The SMILES string of the molecule is CCCCC[N+]1=C(C=CC2=C(Oc3ccc(C[C@H](CC(=O)CCOCCOCCNC(=O)CCS(=O)(=O)c4c(F)c(F)c(S(N)(=O)=O)c(F)c4F)C(=O)O)cc3)C(=CC=C3N(CCCCS(=O)(=O)O)c4ccccc4C3(C)C)CCC2)C(C)(C)c2ccccc21. The quantitative estimate of drug-likeness (QED) is 0.0114. The third-order valence-electron chi connectivity index (χ3n) is 16.3. The van der Waals surface area contributed by atoms with Gasteiger partial charge in [-0.25, -0.2) is 39.5 Å². The second-order valence-electron chi connectivity index (χ2n) is 23.5. The molecule has 4 aromatic carbocycles. The predicted octanol–water partition coefficient (Wildman–Crippen LogP) is 10.4. The molecule has 0 saturated carbocycles. The first kappa shape index (κ1) is 70.6. The number of carbonyl (C=O) groups is 3. The fourth-order valence-electron chi connectivity index (χ4n) is 11.6. The molecule has 2 aliphatic heterocycles. The molecule has 488 valence electrons. The van der Waals surface area contributed by atoms with E-state index < -0.39 is 98.4 Å². The van der Waals surface area contributed by atoms with Crippen LogP contribution in [0.5, 0.6) is 5.75 Å². The molecule has 0 aromatic heterocycles. The number of allylic oxidation sites excluding steroid dienone is 7. The van der Waals surface area contributed by atoms with E-state index in [0.29, 0.717) is 42.9 Å². The molecule has 25 heteroatoms. The number of sulfonamides is 1. The van der Waals surface area contributed by atoms with Gasteiger partial charge in [-0.3, -0.25) is 18.9 Å². The van der Waals surface area contributed by atoms with Gasteiger partial charge < -0.3 is 29.5 Å². The Morgan fingerprint density at radius 1 is 0.744 bits per heavy atom. The lowest BCUT2D eigenvalue weighted by atomic mass is 9.81. The van der Waals surface area contributed by atoms with Gasteiger partial charge in [-0.2, -0.15) is 13.0 Å². The highest BCUT2D eigenvalue weighted by Crippen LogP contribution is 2.48. The van der Waals surface area contributed by atoms with Crippen LogP contribution in [0.4, 0.5) is 28.9 Å². The van der Waals surface area contributed by atoms with Gasteiger partial charge in [0.05, 0.1) is 49.3 Å². The van der Waals surface area contributed by atoms with Crippen LogP contribution in [0.3, 0.4) is 0 Å². The third kappa shape index (κ3) is 17.6. The zero-order valence-corrected chi connectivity index (χ0v) is 53.6. The van der Waals surface area contributed by atoms with Crippen molar-refractivity contribution in [1.29, 1.82) is 0 Å². The van der Waals surface area contributed by atoms with Crippen LogP contribution in [-0.4, -0.2) is 120 Å². The number of unbranched alkanes of at least 4 members (excludes halogenated alkanes) is 3. The second-order valence-corrected chi connectivity index (χ2v) is 28.7. The number of carbonyl (C=O) groups excluding carboxylic acids is 2. The van der Waals surface area contributed by atoms with Crippen LogP contribution in [0.2, 0.25) is 0 Å². The molecule has 1 amide bonds. The number of nitrogens with two attached hydrogens (primary N) is 1. The molecule has 2 heterocycles. The lowest BCUT2D eigenvalue weighted by molar-refractivity contribution is -0.438. The third-order valence-corrected chi connectivity index (χ3v) is 19.7. The molecule has 1 atom stereocenters. The lowest BCUT2D eigenvalue weighted by Crippen LogP contribution is -2.29. The fourth-order valence-corrected chi connectivity index (χ4v) is 14.2. The Morgan fingerprint density at radius 3 is 2.04 bits per heavy atom. The first-order chi connectivity index (χ1) is 42.5. The van der Waals surface area contributed by atoms with Crippen LogP contribution in [-0.2, 0) is 71.1 Å². The summed E-state index contributed by atoms with van der Waals surface area (Å²) in [6.45, 7) is 12.2. The Hall–Kier alpha value is -6.87. The number of nitrogens with one attached hydrogen (secondary N) is 1. The number of halogens is 4. The van der Waals surface area contributed by atoms with Gasteiger partial charge in [0.15, 0.2) is 43.7 Å². The number of ketones is 1. The maximum Gasteiger partial charge on any atom is 0.307 e. The van der Waals surface area contributed by atoms with Gasteiger partial charge in [0.25, 0.3) is 10.1 Å². The Kier molecular flexibility index (Phi) is 23.9. The largest absolute Gasteiger partial charge is 0.481 e. The summed E-state index contributed by atoms with van der Waals surface area (Å²) >= 11 is 0. The average molecular weight is 1310 g/mol. The Morgan fingerprint density at radius 2 is 1.39 bits per heavy atom. The van der Waals surface area contributed by atoms with Crippen molar-refractivity contribution in [1.82, 2.24) is 5.32 Å². The summed E-state index contributed by atoms with van der Waals surface area (Å²) in [6, 6.07) is 23.9. The number of anilines is 1. The number of benzene rings is 4. The summed E-state index contributed by atoms with van der Waals surface area (Å²) < 4.78 is 158. The van der Waals surface area contributed by atoms with Crippen molar-refractivity contribution in [2.75, 3.05) is 62.5 Å². The number of aliphatic carboxylic acids is 1. The van der Waals surface area contributed by atoms with Crippen LogP contribution in [0.15, 0.2) is 129 Å². The maximum atomic E-state index is 14.5. The van der Waals surface area contributed by atoms with E-state index in [1.165, 1.54) is 17.0 Å². The van der Waals surface area contributed by atoms with Gasteiger partial charge in [-0.1, -0.05) is 81.8 Å². The molecule has 0 fully saturated rings. The summed E-state index contributed by atoms with van der Waals surface area (Å²) in [5.41, 5.74) is 8.84. The minimum absolute atomic E-state index is 0.00575. The van der Waals surface area contributed by atoms with Gasteiger partial charge in [0.2, 0.25) is 21.6 Å². The summed E-state index contributed by atoms with van der Waals surface area (Å²) in [6.07, 6.45) is 13.9. The van der Waals surface area contributed by atoms with E-state index in [1.54, 1.807) is 24.3 Å².